The van der Waals surface area contributed by atoms with Crippen LogP contribution in [0.4, 0.5) is 10.5 Å². The van der Waals surface area contributed by atoms with Crippen LogP contribution in [-0.2, 0) is 0 Å². The van der Waals surface area contributed by atoms with Gasteiger partial charge in [-0.1, -0.05) is 23.8 Å². The van der Waals surface area contributed by atoms with E-state index in [0.29, 0.717) is 0 Å². The lowest BCUT2D eigenvalue weighted by Crippen LogP contribution is -2.39. The maximum atomic E-state index is 11.8. The molecule has 1 aromatic rings. The molecule has 0 radical (unpaired) electrons. The Bertz CT molecular complexity index is 581. The van der Waals surface area contributed by atoms with E-state index < -0.39 is 0 Å². The van der Waals surface area contributed by atoms with Crippen LogP contribution in [0, 0.1) is 13.8 Å². The van der Waals surface area contributed by atoms with E-state index in [4.69, 9.17) is 5.73 Å². The van der Waals surface area contributed by atoms with E-state index in [9.17, 15) is 4.79 Å². The zero-order valence-electron chi connectivity index (χ0n) is 12.3. The van der Waals surface area contributed by atoms with Crippen LogP contribution in [0.1, 0.15) is 30.4 Å². The van der Waals surface area contributed by atoms with E-state index in [1.54, 1.807) is 0 Å². The van der Waals surface area contributed by atoms with Gasteiger partial charge < -0.3 is 11.1 Å². The number of hydrogen-bond donors (Lipinski definition) is 3. The van der Waals surface area contributed by atoms with E-state index >= 15 is 0 Å². The Morgan fingerprint density at radius 3 is 2.71 bits per heavy atom. The second-order valence-corrected chi connectivity index (χ2v) is 4.98. The van der Waals surface area contributed by atoms with Gasteiger partial charge in [-0.25, -0.2) is 9.79 Å². The number of carbonyl (C=O) groups excluding carboxylic acids is 1. The summed E-state index contributed by atoms with van der Waals surface area (Å²) in [4.78, 5) is 16.0. The number of guanidine groups is 1. The first-order chi connectivity index (χ1) is 9.54. The Labute approximate surface area is 131 Å². The third-order valence-electron chi connectivity index (χ3n) is 3.15. The third-order valence-corrected chi connectivity index (χ3v) is 3.15. The summed E-state index contributed by atoms with van der Waals surface area (Å²) in [6.45, 7) is 3.96. The van der Waals surface area contributed by atoms with Crippen LogP contribution in [0.3, 0.4) is 0 Å². The SMILES string of the molecule is Cc1ccc(NC(=O)NC(N)=NC2=CCCC2)c(C)c1.Cl. The van der Waals surface area contributed by atoms with E-state index in [1.807, 2.05) is 38.1 Å². The van der Waals surface area contributed by atoms with Crippen LogP contribution >= 0.6 is 12.4 Å². The van der Waals surface area contributed by atoms with Crippen LogP contribution in [0.15, 0.2) is 35.0 Å². The smallest absolute Gasteiger partial charge is 0.326 e. The maximum Gasteiger partial charge on any atom is 0.326 e. The number of nitrogens with zero attached hydrogens (tertiary/aromatic N) is 1. The van der Waals surface area contributed by atoms with Crippen LogP contribution < -0.4 is 16.4 Å². The van der Waals surface area contributed by atoms with Crippen LogP contribution in [0.5, 0.6) is 0 Å². The zero-order valence-corrected chi connectivity index (χ0v) is 13.1. The minimum Gasteiger partial charge on any atom is -0.369 e. The molecule has 0 heterocycles. The van der Waals surface area contributed by atoms with Gasteiger partial charge in [0.2, 0.25) is 5.96 Å². The number of carbonyl (C=O) groups is 1. The molecule has 0 fully saturated rings. The van der Waals surface area contributed by atoms with E-state index in [2.05, 4.69) is 15.6 Å². The molecule has 0 saturated carbocycles. The molecule has 5 nitrogen and oxygen atoms in total. The summed E-state index contributed by atoms with van der Waals surface area (Å²) in [6.07, 6.45) is 5.08. The topological polar surface area (TPSA) is 79.5 Å². The molecule has 0 unspecified atom stereocenters. The number of aliphatic imine (C=N–C) groups is 1. The standard InChI is InChI=1S/C15H20N4O.ClH/c1-10-7-8-13(11(2)9-10)18-15(20)19-14(16)17-12-5-3-4-6-12;/h5,7-9H,3-4,6H2,1-2H3,(H4,16,17,18,19,20);1H. The largest absolute Gasteiger partial charge is 0.369 e. The third kappa shape index (κ3) is 5.11. The molecule has 2 rings (SSSR count). The van der Waals surface area contributed by atoms with Crippen molar-refractivity contribution in [2.24, 2.45) is 10.7 Å². The number of anilines is 1. The van der Waals surface area contributed by atoms with Crippen molar-refractivity contribution in [3.05, 3.63) is 41.1 Å². The Balaban J connectivity index is 0.00000220. The van der Waals surface area contributed by atoms with Gasteiger partial charge in [0.05, 0.1) is 0 Å². The second-order valence-electron chi connectivity index (χ2n) is 4.98. The molecule has 6 heteroatoms. The highest BCUT2D eigenvalue weighted by Gasteiger charge is 2.08. The van der Waals surface area contributed by atoms with Gasteiger partial charge in [-0.05, 0) is 44.7 Å². The molecule has 1 aliphatic carbocycles. The van der Waals surface area contributed by atoms with Gasteiger partial charge in [-0.15, -0.1) is 12.4 Å². The number of hydrogen-bond acceptors (Lipinski definition) is 2. The lowest BCUT2D eigenvalue weighted by molar-refractivity contribution is 0.256. The van der Waals surface area contributed by atoms with Crippen molar-refractivity contribution >= 4 is 30.1 Å². The first-order valence-electron chi connectivity index (χ1n) is 6.73. The van der Waals surface area contributed by atoms with E-state index in [-0.39, 0.29) is 24.4 Å². The number of amides is 2. The van der Waals surface area contributed by atoms with Gasteiger partial charge in [0.15, 0.2) is 0 Å². The molecule has 21 heavy (non-hydrogen) atoms. The van der Waals surface area contributed by atoms with Crippen LogP contribution in [0.25, 0.3) is 0 Å². The minimum atomic E-state index is -0.378. The number of halogens is 1. The molecule has 1 aromatic carbocycles. The number of urea groups is 1. The summed E-state index contributed by atoms with van der Waals surface area (Å²) < 4.78 is 0. The summed E-state index contributed by atoms with van der Waals surface area (Å²) in [5.41, 5.74) is 9.58. The van der Waals surface area contributed by atoms with Crippen molar-refractivity contribution < 1.29 is 4.79 Å². The van der Waals surface area contributed by atoms with Gasteiger partial charge in [0, 0.05) is 11.4 Å². The van der Waals surface area contributed by atoms with Crippen LogP contribution in [0.2, 0.25) is 0 Å². The second kappa shape index (κ2) is 7.69. The summed E-state index contributed by atoms with van der Waals surface area (Å²) in [5.74, 6) is 0.125. The minimum absolute atomic E-state index is 0. The molecule has 4 N–H and O–H groups in total. The fraction of sp³-hybridized carbons (Fsp3) is 0.333. The van der Waals surface area contributed by atoms with Crippen molar-refractivity contribution in [3.63, 3.8) is 0 Å². The Hall–Kier alpha value is -2.01. The highest BCUT2D eigenvalue weighted by molar-refractivity contribution is 6.02. The molecule has 0 atom stereocenters. The lowest BCUT2D eigenvalue weighted by atomic mass is 10.1. The molecule has 0 aliphatic heterocycles. The summed E-state index contributed by atoms with van der Waals surface area (Å²) >= 11 is 0. The summed E-state index contributed by atoms with van der Waals surface area (Å²) in [6, 6.07) is 5.45. The molecule has 0 aromatic heterocycles. The molecule has 0 spiro atoms. The number of allylic oxidation sites excluding steroid dienone is 2. The highest BCUT2D eigenvalue weighted by atomic mass is 35.5. The number of benzene rings is 1. The van der Waals surface area contributed by atoms with Gasteiger partial charge in [0.25, 0.3) is 0 Å². The predicted molar refractivity (Wildman–Crippen MR) is 88.9 cm³/mol. The predicted octanol–water partition coefficient (Wildman–Crippen LogP) is 3.23. The Kier molecular flexibility index (Phi) is 6.24. The molecule has 1 aliphatic rings. The molecule has 0 saturated heterocycles. The first kappa shape index (κ1) is 17.0. The van der Waals surface area contributed by atoms with Gasteiger partial charge in [0.1, 0.15) is 0 Å². The lowest BCUT2D eigenvalue weighted by Gasteiger charge is -2.10. The molecule has 0 bridgehead atoms. The highest BCUT2D eigenvalue weighted by Crippen LogP contribution is 2.18. The Morgan fingerprint density at radius 2 is 2.10 bits per heavy atom. The molecule has 114 valence electrons. The molecular formula is C15H21ClN4O. The van der Waals surface area contributed by atoms with Crippen molar-refractivity contribution in [1.82, 2.24) is 5.32 Å². The monoisotopic (exact) mass is 308 g/mol. The maximum absolute atomic E-state index is 11.8. The number of nitrogens with one attached hydrogen (secondary N) is 2. The average Bonchev–Trinajstić information content (AvgIpc) is 2.85. The normalized spacial score (nSPS) is 14.2. The summed E-state index contributed by atoms with van der Waals surface area (Å²) in [7, 11) is 0. The van der Waals surface area contributed by atoms with Crippen molar-refractivity contribution in [1.29, 1.82) is 0 Å². The van der Waals surface area contributed by atoms with Crippen LogP contribution in [-0.4, -0.2) is 12.0 Å². The van der Waals surface area contributed by atoms with Crippen molar-refractivity contribution in [2.45, 2.75) is 33.1 Å². The van der Waals surface area contributed by atoms with E-state index in [1.165, 1.54) is 0 Å². The van der Waals surface area contributed by atoms with E-state index in [0.717, 1.165) is 41.8 Å². The number of aryl methyl sites for hydroxylation is 2. The van der Waals surface area contributed by atoms with Gasteiger partial charge in [-0.2, -0.15) is 0 Å². The molecular weight excluding hydrogens is 288 g/mol. The van der Waals surface area contributed by atoms with Crippen molar-refractivity contribution in [3.8, 4) is 0 Å². The number of rotatable bonds is 2. The Morgan fingerprint density at radius 1 is 1.33 bits per heavy atom. The van der Waals surface area contributed by atoms with Crippen molar-refractivity contribution in [2.75, 3.05) is 5.32 Å². The number of nitrogens with two attached hydrogens (primary N) is 1. The summed E-state index contributed by atoms with van der Waals surface area (Å²) in [5, 5.41) is 5.30. The fourth-order valence-corrected chi connectivity index (χ4v) is 2.16. The zero-order chi connectivity index (χ0) is 14.5. The molecule has 2 amide bonds. The van der Waals surface area contributed by atoms with Gasteiger partial charge in [-0.3, -0.25) is 5.32 Å². The van der Waals surface area contributed by atoms with Gasteiger partial charge >= 0.3 is 6.03 Å². The fourth-order valence-electron chi connectivity index (χ4n) is 2.16. The quantitative estimate of drug-likeness (QED) is 0.579. The average molecular weight is 309 g/mol. The first-order valence-corrected chi connectivity index (χ1v) is 6.73.